The predicted molar refractivity (Wildman–Crippen MR) is 175 cm³/mol. The van der Waals surface area contributed by atoms with E-state index in [9.17, 15) is 19.3 Å². The summed E-state index contributed by atoms with van der Waals surface area (Å²) in [4.78, 5) is 30.2. The molecule has 4 aromatic carbocycles. The first-order valence-corrected chi connectivity index (χ1v) is 14.7. The quantitative estimate of drug-likeness (QED) is 0.0853. The van der Waals surface area contributed by atoms with Crippen LogP contribution in [0.1, 0.15) is 48.9 Å². The number of methoxy groups -OCH3 is 1. The van der Waals surface area contributed by atoms with Gasteiger partial charge in [0.2, 0.25) is 5.75 Å². The summed E-state index contributed by atoms with van der Waals surface area (Å²) in [6, 6.07) is 19.3. The van der Waals surface area contributed by atoms with Crippen molar-refractivity contribution in [2.75, 3.05) is 13.7 Å². The predicted octanol–water partition coefficient (Wildman–Crippen LogP) is 7.41. The lowest BCUT2D eigenvalue weighted by Gasteiger charge is -2.18. The molecule has 0 aliphatic heterocycles. The Balaban J connectivity index is 1.63. The number of benzene rings is 4. The molecule has 0 bridgehead atoms. The molecule has 0 atom stereocenters. The number of ether oxygens (including phenoxy) is 3. The molecule has 0 spiro atoms. The molecule has 0 N–H and O–H groups in total. The van der Waals surface area contributed by atoms with E-state index in [2.05, 4.69) is 18.9 Å². The number of nitrogens with zero attached hydrogens (tertiary/aromatic N) is 4. The first kappa shape index (κ1) is 31.8. The Morgan fingerprint density at radius 2 is 1.78 bits per heavy atom. The zero-order valence-corrected chi connectivity index (χ0v) is 26.1. The second-order valence-corrected chi connectivity index (χ2v) is 10.9. The van der Waals surface area contributed by atoms with E-state index in [1.807, 2.05) is 32.0 Å². The van der Waals surface area contributed by atoms with Crippen LogP contribution in [0.25, 0.3) is 22.3 Å². The summed E-state index contributed by atoms with van der Waals surface area (Å²) in [6.45, 7) is 8.41. The third-order valence-corrected chi connectivity index (χ3v) is 7.37. The molecule has 236 valence electrons. The number of halogens is 1. The average Bonchev–Trinajstić information content (AvgIpc) is 3.04. The molecule has 0 aliphatic rings. The molecule has 5 rings (SSSR count). The Morgan fingerprint density at radius 3 is 2.46 bits per heavy atom. The van der Waals surface area contributed by atoms with Crippen molar-refractivity contribution in [1.82, 2.24) is 9.66 Å². The number of hydrogen-bond donors (Lipinski definition) is 0. The maximum absolute atomic E-state index is 13.8. The van der Waals surface area contributed by atoms with Crippen LogP contribution in [0, 0.1) is 22.9 Å². The van der Waals surface area contributed by atoms with Gasteiger partial charge in [0, 0.05) is 17.2 Å². The van der Waals surface area contributed by atoms with Crippen molar-refractivity contribution in [2.24, 2.45) is 5.10 Å². The summed E-state index contributed by atoms with van der Waals surface area (Å²) in [5.41, 5.74) is 3.12. The van der Waals surface area contributed by atoms with E-state index >= 15 is 0 Å². The van der Waals surface area contributed by atoms with E-state index in [0.717, 1.165) is 16.9 Å². The third-order valence-electron chi connectivity index (χ3n) is 7.37. The fraction of sp³-hybridized carbons (Fsp3) is 0.229. The minimum atomic E-state index is -0.592. The summed E-state index contributed by atoms with van der Waals surface area (Å²) in [5, 5.41) is 17.0. The van der Waals surface area contributed by atoms with E-state index in [4.69, 9.17) is 19.2 Å². The van der Waals surface area contributed by atoms with Gasteiger partial charge in [-0.25, -0.2) is 9.37 Å². The van der Waals surface area contributed by atoms with Crippen molar-refractivity contribution < 1.29 is 23.5 Å². The molecule has 0 amide bonds. The summed E-state index contributed by atoms with van der Waals surface area (Å²) in [6.07, 6.45) is 1.34. The van der Waals surface area contributed by atoms with Crippen LogP contribution in [-0.4, -0.2) is 34.5 Å². The van der Waals surface area contributed by atoms with Crippen LogP contribution in [0.5, 0.6) is 17.2 Å². The van der Waals surface area contributed by atoms with E-state index in [-0.39, 0.29) is 35.3 Å². The Kier molecular flexibility index (Phi) is 9.41. The zero-order valence-electron chi connectivity index (χ0n) is 26.1. The fourth-order valence-corrected chi connectivity index (χ4v) is 5.05. The maximum atomic E-state index is 13.8. The highest BCUT2D eigenvalue weighted by Gasteiger charge is 2.23. The van der Waals surface area contributed by atoms with Crippen LogP contribution in [0.2, 0.25) is 0 Å². The lowest BCUT2D eigenvalue weighted by molar-refractivity contribution is -0.386. The molecule has 0 aliphatic carbocycles. The summed E-state index contributed by atoms with van der Waals surface area (Å²) in [5.74, 6) is 0.789. The monoisotopic (exact) mass is 624 g/mol. The molecule has 11 heteroatoms. The van der Waals surface area contributed by atoms with Gasteiger partial charge in [-0.2, -0.15) is 9.78 Å². The average molecular weight is 625 g/mol. The lowest BCUT2D eigenvalue weighted by atomic mass is 9.96. The summed E-state index contributed by atoms with van der Waals surface area (Å²) < 4.78 is 31.6. The number of nitro groups is 1. The van der Waals surface area contributed by atoms with Gasteiger partial charge in [0.25, 0.3) is 5.56 Å². The molecule has 0 fully saturated rings. The topological polar surface area (TPSA) is 118 Å². The number of aromatic nitrogens is 2. The molecule has 1 heterocycles. The van der Waals surface area contributed by atoms with Crippen LogP contribution in [0.15, 0.2) is 82.7 Å². The highest BCUT2D eigenvalue weighted by Crippen LogP contribution is 2.39. The molecule has 46 heavy (non-hydrogen) atoms. The highest BCUT2D eigenvalue weighted by molar-refractivity contribution is 5.84. The molecule has 0 saturated carbocycles. The van der Waals surface area contributed by atoms with Crippen molar-refractivity contribution in [2.45, 2.75) is 40.2 Å². The van der Waals surface area contributed by atoms with E-state index < -0.39 is 16.3 Å². The van der Waals surface area contributed by atoms with E-state index in [1.165, 1.54) is 54.4 Å². The fourth-order valence-electron chi connectivity index (χ4n) is 5.05. The molecule has 0 radical (unpaired) electrons. The van der Waals surface area contributed by atoms with Gasteiger partial charge in [-0.3, -0.25) is 14.9 Å². The molecular formula is C35H33FN4O6. The van der Waals surface area contributed by atoms with Crippen LogP contribution in [-0.2, 0) is 6.61 Å². The number of rotatable bonds is 11. The van der Waals surface area contributed by atoms with Gasteiger partial charge < -0.3 is 14.2 Å². The second kappa shape index (κ2) is 13.6. The van der Waals surface area contributed by atoms with Gasteiger partial charge in [0.1, 0.15) is 18.2 Å². The van der Waals surface area contributed by atoms with Crippen LogP contribution in [0.3, 0.4) is 0 Å². The van der Waals surface area contributed by atoms with Gasteiger partial charge in [-0.15, -0.1) is 0 Å². The Labute approximate surface area is 264 Å². The maximum Gasteiger partial charge on any atom is 0.315 e. The first-order chi connectivity index (χ1) is 22.1. The van der Waals surface area contributed by atoms with Crippen molar-refractivity contribution in [3.63, 3.8) is 0 Å². The Bertz CT molecular complexity index is 2000. The number of aryl methyl sites for hydroxylation is 1. The van der Waals surface area contributed by atoms with Crippen molar-refractivity contribution >= 4 is 22.8 Å². The lowest BCUT2D eigenvalue weighted by Crippen LogP contribution is -2.21. The Hall–Kier alpha value is -5.58. The van der Waals surface area contributed by atoms with Gasteiger partial charge in [-0.1, -0.05) is 38.1 Å². The van der Waals surface area contributed by atoms with Crippen LogP contribution in [0.4, 0.5) is 10.1 Å². The minimum absolute atomic E-state index is 0.0494. The van der Waals surface area contributed by atoms with Gasteiger partial charge >= 0.3 is 5.69 Å². The molecule has 5 aromatic rings. The Morgan fingerprint density at radius 1 is 1.04 bits per heavy atom. The SMILES string of the molecule is CCOc1cc(C)c(-c2nc3ccccc3c(=O)n2N=Cc2cc(OC)c(OCc3ccc(F)cc3)c([N+](=O)[O-])c2)cc1C(C)C. The zero-order chi connectivity index (χ0) is 33.0. The van der Waals surface area contributed by atoms with Crippen LogP contribution >= 0.6 is 0 Å². The van der Waals surface area contributed by atoms with E-state index in [0.29, 0.717) is 34.5 Å². The molecular weight excluding hydrogens is 591 g/mol. The van der Waals surface area contributed by atoms with E-state index in [1.54, 1.807) is 18.2 Å². The van der Waals surface area contributed by atoms with Crippen molar-refractivity contribution in [3.8, 4) is 28.6 Å². The molecule has 1 aromatic heterocycles. The molecule has 0 unspecified atom stereocenters. The van der Waals surface area contributed by atoms with Gasteiger partial charge in [0.05, 0.1) is 35.8 Å². The van der Waals surface area contributed by atoms with Crippen LogP contribution < -0.4 is 19.8 Å². The number of hydrogen-bond acceptors (Lipinski definition) is 8. The smallest absolute Gasteiger partial charge is 0.315 e. The minimum Gasteiger partial charge on any atom is -0.494 e. The van der Waals surface area contributed by atoms with Crippen molar-refractivity contribution in [3.05, 3.63) is 121 Å². The third kappa shape index (κ3) is 6.58. The van der Waals surface area contributed by atoms with Gasteiger partial charge in [0.15, 0.2) is 11.6 Å². The van der Waals surface area contributed by atoms with Gasteiger partial charge in [-0.05, 0) is 78.9 Å². The summed E-state index contributed by atoms with van der Waals surface area (Å²) in [7, 11) is 1.36. The normalized spacial score (nSPS) is 11.4. The standard InChI is InChI=1S/C35H33FN4O6/c1-6-45-31-15-22(4)28(18-27(31)21(2)3)34-38-29-10-8-7-9-26(29)35(41)39(34)37-19-24-16-30(40(42)43)33(32(17-24)44-5)46-20-23-11-13-25(36)14-12-23/h7-19,21H,6,20H2,1-5H3. The largest absolute Gasteiger partial charge is 0.494 e. The molecule has 0 saturated heterocycles. The number of fused-ring (bicyclic) bond motifs is 1. The summed E-state index contributed by atoms with van der Waals surface area (Å²) >= 11 is 0. The number of nitro benzene ring substituents is 1. The first-order valence-electron chi connectivity index (χ1n) is 14.7. The second-order valence-electron chi connectivity index (χ2n) is 10.9. The highest BCUT2D eigenvalue weighted by atomic mass is 19.1. The molecule has 10 nitrogen and oxygen atoms in total. The van der Waals surface area contributed by atoms with Crippen molar-refractivity contribution in [1.29, 1.82) is 0 Å². The number of para-hydroxylation sites is 1.